The third kappa shape index (κ3) is 3.96. The third-order valence-corrected chi connectivity index (χ3v) is 4.67. The second-order valence-corrected chi connectivity index (χ2v) is 6.18. The first-order valence-electron chi connectivity index (χ1n) is 7.78. The van der Waals surface area contributed by atoms with Gasteiger partial charge in [-0.05, 0) is 50.7 Å². The van der Waals surface area contributed by atoms with Crippen LogP contribution in [0.25, 0.3) is 0 Å². The fraction of sp³-hybridized carbons (Fsp3) is 1.00. The Hall–Kier alpha value is -0.0800. The molecule has 2 aliphatic rings. The molecule has 0 unspecified atom stereocenters. The molecule has 1 saturated carbocycles. The number of nitrogens with zero attached hydrogens (tertiary/aromatic N) is 1. The molecular weight excluding hydrogens is 208 g/mol. The predicted molar refractivity (Wildman–Crippen MR) is 74.4 cm³/mol. The predicted octanol–water partition coefficient (Wildman–Crippen LogP) is 3.03. The summed E-state index contributed by atoms with van der Waals surface area (Å²) in [6, 6.07) is 0. The van der Waals surface area contributed by atoms with Gasteiger partial charge in [-0.15, -0.1) is 0 Å². The Bertz CT molecular complexity index is 201. The molecule has 1 aliphatic heterocycles. The summed E-state index contributed by atoms with van der Waals surface area (Å²) in [6.07, 6.45) is 11.6. The molecule has 2 rings (SSSR count). The molecule has 1 saturated heterocycles. The standard InChI is InChI=1S/C15H30N2/c1-2-16-13-15(9-5-6-10-15)14-17-11-7-3-4-8-12-17/h16H,2-14H2,1H3. The average Bonchev–Trinajstić information content (AvgIpc) is 2.64. The van der Waals surface area contributed by atoms with Crippen molar-refractivity contribution in [3.8, 4) is 0 Å². The van der Waals surface area contributed by atoms with Gasteiger partial charge in [0.25, 0.3) is 0 Å². The van der Waals surface area contributed by atoms with E-state index in [-0.39, 0.29) is 0 Å². The van der Waals surface area contributed by atoms with Crippen molar-refractivity contribution in [1.29, 1.82) is 0 Å². The first-order chi connectivity index (χ1) is 8.35. The fourth-order valence-corrected chi connectivity index (χ4v) is 3.67. The van der Waals surface area contributed by atoms with E-state index in [1.165, 1.54) is 77.5 Å². The van der Waals surface area contributed by atoms with Gasteiger partial charge >= 0.3 is 0 Å². The van der Waals surface area contributed by atoms with Crippen LogP contribution in [0.4, 0.5) is 0 Å². The highest BCUT2D eigenvalue weighted by Crippen LogP contribution is 2.38. The molecule has 0 aromatic heterocycles. The molecule has 1 N–H and O–H groups in total. The lowest BCUT2D eigenvalue weighted by atomic mass is 9.85. The number of hydrogen-bond donors (Lipinski definition) is 1. The largest absolute Gasteiger partial charge is 0.316 e. The summed E-state index contributed by atoms with van der Waals surface area (Å²) in [5, 5.41) is 3.61. The van der Waals surface area contributed by atoms with Gasteiger partial charge in [-0.1, -0.05) is 32.6 Å². The maximum absolute atomic E-state index is 3.61. The topological polar surface area (TPSA) is 15.3 Å². The van der Waals surface area contributed by atoms with Crippen LogP contribution in [0.2, 0.25) is 0 Å². The van der Waals surface area contributed by atoms with Gasteiger partial charge in [0.1, 0.15) is 0 Å². The van der Waals surface area contributed by atoms with Gasteiger partial charge in [0.15, 0.2) is 0 Å². The summed E-state index contributed by atoms with van der Waals surface area (Å²) in [4.78, 5) is 2.76. The molecule has 1 heterocycles. The maximum atomic E-state index is 3.61. The highest BCUT2D eigenvalue weighted by Gasteiger charge is 2.35. The van der Waals surface area contributed by atoms with Crippen molar-refractivity contribution in [2.75, 3.05) is 32.7 Å². The van der Waals surface area contributed by atoms with Gasteiger partial charge in [0.05, 0.1) is 0 Å². The van der Waals surface area contributed by atoms with Gasteiger partial charge in [0, 0.05) is 13.1 Å². The average molecular weight is 238 g/mol. The summed E-state index contributed by atoms with van der Waals surface area (Å²) in [5.74, 6) is 0. The lowest BCUT2D eigenvalue weighted by Gasteiger charge is -2.35. The van der Waals surface area contributed by atoms with Crippen molar-refractivity contribution in [3.63, 3.8) is 0 Å². The minimum atomic E-state index is 0.611. The van der Waals surface area contributed by atoms with Gasteiger partial charge in [0.2, 0.25) is 0 Å². The molecule has 0 aromatic rings. The van der Waals surface area contributed by atoms with Gasteiger partial charge in [-0.2, -0.15) is 0 Å². The lowest BCUT2D eigenvalue weighted by Crippen LogP contribution is -2.43. The molecular formula is C15H30N2. The summed E-state index contributed by atoms with van der Waals surface area (Å²) < 4.78 is 0. The van der Waals surface area contributed by atoms with Crippen molar-refractivity contribution in [1.82, 2.24) is 10.2 Å². The lowest BCUT2D eigenvalue weighted by molar-refractivity contribution is 0.153. The summed E-state index contributed by atoms with van der Waals surface area (Å²) in [5.41, 5.74) is 0.611. The smallest absolute Gasteiger partial charge is 0.00501 e. The highest BCUT2D eigenvalue weighted by molar-refractivity contribution is 4.89. The minimum Gasteiger partial charge on any atom is -0.316 e. The Balaban J connectivity index is 1.87. The van der Waals surface area contributed by atoms with E-state index in [1.54, 1.807) is 0 Å². The Kier molecular flexibility index (Phi) is 5.30. The first kappa shape index (κ1) is 13.4. The molecule has 17 heavy (non-hydrogen) atoms. The molecule has 2 nitrogen and oxygen atoms in total. The zero-order valence-corrected chi connectivity index (χ0v) is 11.6. The molecule has 0 spiro atoms. The molecule has 100 valence electrons. The third-order valence-electron chi connectivity index (χ3n) is 4.67. The Morgan fingerprint density at radius 3 is 2.18 bits per heavy atom. The molecule has 0 atom stereocenters. The monoisotopic (exact) mass is 238 g/mol. The normalized spacial score (nSPS) is 25.9. The molecule has 0 radical (unpaired) electrons. The molecule has 1 aliphatic carbocycles. The zero-order chi connectivity index (χ0) is 12.0. The summed E-state index contributed by atoms with van der Waals surface area (Å²) in [7, 11) is 0. The van der Waals surface area contributed by atoms with Crippen LogP contribution in [-0.2, 0) is 0 Å². The SMILES string of the molecule is CCNCC1(CN2CCCCCC2)CCCC1. The number of hydrogen-bond acceptors (Lipinski definition) is 2. The Labute approximate surface area is 107 Å². The van der Waals surface area contributed by atoms with E-state index < -0.39 is 0 Å². The number of nitrogens with one attached hydrogen (secondary N) is 1. The summed E-state index contributed by atoms with van der Waals surface area (Å²) in [6.45, 7) is 8.68. The van der Waals surface area contributed by atoms with E-state index in [0.717, 1.165) is 6.54 Å². The van der Waals surface area contributed by atoms with Crippen LogP contribution in [0.15, 0.2) is 0 Å². The quantitative estimate of drug-likeness (QED) is 0.792. The fourth-order valence-electron chi connectivity index (χ4n) is 3.67. The van der Waals surface area contributed by atoms with Crippen LogP contribution in [-0.4, -0.2) is 37.6 Å². The second kappa shape index (κ2) is 6.75. The van der Waals surface area contributed by atoms with Crippen LogP contribution < -0.4 is 5.32 Å². The molecule has 0 amide bonds. The van der Waals surface area contributed by atoms with E-state index >= 15 is 0 Å². The van der Waals surface area contributed by atoms with E-state index in [1.807, 2.05) is 0 Å². The molecule has 2 fully saturated rings. The van der Waals surface area contributed by atoms with Gasteiger partial charge in [-0.25, -0.2) is 0 Å². The van der Waals surface area contributed by atoms with Crippen LogP contribution in [0.3, 0.4) is 0 Å². The van der Waals surface area contributed by atoms with E-state index in [0.29, 0.717) is 5.41 Å². The van der Waals surface area contributed by atoms with Crippen LogP contribution in [0, 0.1) is 5.41 Å². The van der Waals surface area contributed by atoms with Crippen LogP contribution in [0.1, 0.15) is 58.3 Å². The first-order valence-corrected chi connectivity index (χ1v) is 7.78. The van der Waals surface area contributed by atoms with Crippen molar-refractivity contribution in [3.05, 3.63) is 0 Å². The number of likely N-dealkylation sites (tertiary alicyclic amines) is 1. The molecule has 2 heteroatoms. The summed E-state index contributed by atoms with van der Waals surface area (Å²) >= 11 is 0. The van der Waals surface area contributed by atoms with Crippen molar-refractivity contribution in [2.24, 2.45) is 5.41 Å². The second-order valence-electron chi connectivity index (χ2n) is 6.18. The Morgan fingerprint density at radius 2 is 1.59 bits per heavy atom. The van der Waals surface area contributed by atoms with E-state index in [9.17, 15) is 0 Å². The number of rotatable bonds is 5. The van der Waals surface area contributed by atoms with Gasteiger partial charge in [-0.3, -0.25) is 0 Å². The van der Waals surface area contributed by atoms with Crippen LogP contribution in [0.5, 0.6) is 0 Å². The molecule has 0 aromatic carbocycles. The van der Waals surface area contributed by atoms with Gasteiger partial charge < -0.3 is 10.2 Å². The van der Waals surface area contributed by atoms with Crippen molar-refractivity contribution < 1.29 is 0 Å². The molecule has 0 bridgehead atoms. The van der Waals surface area contributed by atoms with E-state index in [2.05, 4.69) is 17.1 Å². The van der Waals surface area contributed by atoms with Crippen LogP contribution >= 0.6 is 0 Å². The highest BCUT2D eigenvalue weighted by atomic mass is 15.1. The van der Waals surface area contributed by atoms with Crippen molar-refractivity contribution >= 4 is 0 Å². The zero-order valence-electron chi connectivity index (χ0n) is 11.6. The Morgan fingerprint density at radius 1 is 0.941 bits per heavy atom. The maximum Gasteiger partial charge on any atom is 0.00501 e. The van der Waals surface area contributed by atoms with Crippen molar-refractivity contribution in [2.45, 2.75) is 58.3 Å². The minimum absolute atomic E-state index is 0.611. The van der Waals surface area contributed by atoms with E-state index in [4.69, 9.17) is 0 Å².